The van der Waals surface area contributed by atoms with E-state index in [4.69, 9.17) is 9.47 Å². The van der Waals surface area contributed by atoms with E-state index in [-0.39, 0.29) is 18.9 Å². The highest BCUT2D eigenvalue weighted by Gasteiger charge is 2.24. The number of rotatable bonds is 4. The third-order valence-electron chi connectivity index (χ3n) is 5.28. The van der Waals surface area contributed by atoms with Crippen molar-refractivity contribution < 1.29 is 14.3 Å². The zero-order valence-electron chi connectivity index (χ0n) is 16.4. The maximum absolute atomic E-state index is 12.7. The Labute approximate surface area is 165 Å². The van der Waals surface area contributed by atoms with Crippen LogP contribution in [0.4, 0.5) is 16.2 Å². The summed E-state index contributed by atoms with van der Waals surface area (Å²) in [6.07, 6.45) is 2.04. The molecular weight excluding hydrogens is 354 g/mol. The van der Waals surface area contributed by atoms with Gasteiger partial charge in [-0.15, -0.1) is 0 Å². The molecule has 2 amide bonds. The van der Waals surface area contributed by atoms with Crippen molar-refractivity contribution in [2.45, 2.75) is 38.6 Å². The van der Waals surface area contributed by atoms with Gasteiger partial charge in [-0.05, 0) is 48.6 Å². The number of nitrogens with one attached hydrogen (secondary N) is 2. The molecule has 2 aliphatic rings. The quantitative estimate of drug-likeness (QED) is 0.809. The Balaban J connectivity index is 1.34. The third kappa shape index (κ3) is 4.16. The molecule has 0 bridgehead atoms. The van der Waals surface area contributed by atoms with Gasteiger partial charge in [-0.2, -0.15) is 0 Å². The molecule has 1 saturated heterocycles. The number of urea groups is 1. The fourth-order valence-corrected chi connectivity index (χ4v) is 3.66. The summed E-state index contributed by atoms with van der Waals surface area (Å²) in [5.41, 5.74) is 3.15. The van der Waals surface area contributed by atoms with Crippen LogP contribution in [0.2, 0.25) is 0 Å². The highest BCUT2D eigenvalue weighted by molar-refractivity contribution is 5.90. The number of fused-ring (bicyclic) bond motifs is 1. The van der Waals surface area contributed by atoms with E-state index in [2.05, 4.69) is 48.7 Å². The molecule has 1 unspecified atom stereocenters. The zero-order chi connectivity index (χ0) is 19.5. The van der Waals surface area contributed by atoms with Crippen molar-refractivity contribution in [2.75, 3.05) is 30.5 Å². The number of carbonyl (C=O) groups is 1. The van der Waals surface area contributed by atoms with Crippen LogP contribution in [0, 0.1) is 0 Å². The fourth-order valence-electron chi connectivity index (χ4n) is 3.66. The highest BCUT2D eigenvalue weighted by Crippen LogP contribution is 2.34. The van der Waals surface area contributed by atoms with Crippen LogP contribution in [-0.4, -0.2) is 36.9 Å². The second-order valence-corrected chi connectivity index (χ2v) is 7.70. The van der Waals surface area contributed by atoms with Crippen molar-refractivity contribution in [3.8, 4) is 11.5 Å². The second kappa shape index (κ2) is 8.00. The summed E-state index contributed by atoms with van der Waals surface area (Å²) < 4.78 is 10.7. The van der Waals surface area contributed by atoms with Gasteiger partial charge in [-0.25, -0.2) is 4.79 Å². The lowest BCUT2D eigenvalue weighted by atomic mass is 10.0. The number of nitrogens with zero attached hydrogens (tertiary/aromatic N) is 1. The summed E-state index contributed by atoms with van der Waals surface area (Å²) in [4.78, 5) is 14.6. The lowest BCUT2D eigenvalue weighted by Gasteiger charge is -2.33. The Hall–Kier alpha value is -2.89. The molecule has 6 nitrogen and oxygen atoms in total. The zero-order valence-corrected chi connectivity index (χ0v) is 16.4. The topological polar surface area (TPSA) is 62.8 Å². The number of amides is 2. The van der Waals surface area contributed by atoms with E-state index in [1.165, 1.54) is 5.56 Å². The number of likely N-dealkylation sites (tertiary alicyclic amines) is 1. The Bertz CT molecular complexity index is 835. The Morgan fingerprint density at radius 3 is 2.61 bits per heavy atom. The van der Waals surface area contributed by atoms with E-state index in [1.807, 2.05) is 17.0 Å². The Morgan fingerprint density at radius 2 is 1.82 bits per heavy atom. The predicted molar refractivity (Wildman–Crippen MR) is 110 cm³/mol. The van der Waals surface area contributed by atoms with Gasteiger partial charge in [0, 0.05) is 36.6 Å². The third-order valence-corrected chi connectivity index (χ3v) is 5.28. The van der Waals surface area contributed by atoms with Crippen molar-refractivity contribution in [1.82, 2.24) is 4.90 Å². The monoisotopic (exact) mass is 381 g/mol. The van der Waals surface area contributed by atoms with Gasteiger partial charge in [0.1, 0.15) is 0 Å². The largest absolute Gasteiger partial charge is 0.454 e. The minimum absolute atomic E-state index is 0.0829. The maximum Gasteiger partial charge on any atom is 0.321 e. The van der Waals surface area contributed by atoms with Crippen molar-refractivity contribution >= 4 is 17.4 Å². The molecule has 4 rings (SSSR count). The van der Waals surface area contributed by atoms with Crippen molar-refractivity contribution in [3.05, 3.63) is 48.0 Å². The molecule has 0 radical (unpaired) electrons. The van der Waals surface area contributed by atoms with Crippen LogP contribution in [0.3, 0.4) is 0 Å². The first-order valence-electron chi connectivity index (χ1n) is 9.90. The average molecular weight is 381 g/mol. The van der Waals surface area contributed by atoms with E-state index in [0.717, 1.165) is 25.1 Å². The van der Waals surface area contributed by atoms with Gasteiger partial charge in [0.15, 0.2) is 11.5 Å². The van der Waals surface area contributed by atoms with E-state index >= 15 is 0 Å². The minimum Gasteiger partial charge on any atom is -0.454 e. The van der Waals surface area contributed by atoms with Crippen LogP contribution in [-0.2, 0) is 0 Å². The minimum atomic E-state index is -0.0829. The van der Waals surface area contributed by atoms with Gasteiger partial charge in [0.25, 0.3) is 0 Å². The standard InChI is InChI=1S/C22H27N3O3/c1-15(2)16-5-7-17(8-6-16)23-19-4-3-11-25(13-19)22(26)24-18-9-10-20-21(12-18)28-14-27-20/h5-10,12,15,19,23H,3-4,11,13-14H2,1-2H3,(H,24,26). The molecule has 2 aliphatic heterocycles. The Morgan fingerprint density at radius 1 is 1.07 bits per heavy atom. The van der Waals surface area contributed by atoms with Crippen LogP contribution in [0.5, 0.6) is 11.5 Å². The molecule has 148 valence electrons. The number of hydrogen-bond donors (Lipinski definition) is 2. The number of hydrogen-bond acceptors (Lipinski definition) is 4. The fraction of sp³-hybridized carbons (Fsp3) is 0.409. The van der Waals surface area contributed by atoms with Gasteiger partial charge in [-0.1, -0.05) is 26.0 Å². The normalized spacial score (nSPS) is 18.2. The molecule has 0 saturated carbocycles. The van der Waals surface area contributed by atoms with Crippen LogP contribution in [0.25, 0.3) is 0 Å². The lowest BCUT2D eigenvalue weighted by Crippen LogP contribution is -2.46. The van der Waals surface area contributed by atoms with Crippen molar-refractivity contribution in [3.63, 3.8) is 0 Å². The molecule has 0 aliphatic carbocycles. The molecule has 2 heterocycles. The smallest absolute Gasteiger partial charge is 0.321 e. The summed E-state index contributed by atoms with van der Waals surface area (Å²) in [6.45, 7) is 6.06. The molecule has 28 heavy (non-hydrogen) atoms. The maximum atomic E-state index is 12.7. The molecule has 0 spiro atoms. The van der Waals surface area contributed by atoms with E-state index in [1.54, 1.807) is 6.07 Å². The predicted octanol–water partition coefficient (Wildman–Crippen LogP) is 4.65. The van der Waals surface area contributed by atoms with E-state index < -0.39 is 0 Å². The summed E-state index contributed by atoms with van der Waals surface area (Å²) in [7, 11) is 0. The van der Waals surface area contributed by atoms with Crippen molar-refractivity contribution in [1.29, 1.82) is 0 Å². The van der Waals surface area contributed by atoms with Gasteiger partial charge in [0.2, 0.25) is 6.79 Å². The average Bonchev–Trinajstić information content (AvgIpc) is 3.16. The second-order valence-electron chi connectivity index (χ2n) is 7.70. The summed E-state index contributed by atoms with van der Waals surface area (Å²) >= 11 is 0. The summed E-state index contributed by atoms with van der Waals surface area (Å²) in [5.74, 6) is 1.91. The molecular formula is C22H27N3O3. The van der Waals surface area contributed by atoms with Crippen LogP contribution >= 0.6 is 0 Å². The molecule has 2 N–H and O–H groups in total. The highest BCUT2D eigenvalue weighted by atomic mass is 16.7. The molecule has 6 heteroatoms. The molecule has 1 atom stereocenters. The SMILES string of the molecule is CC(C)c1ccc(NC2CCCN(C(=O)Nc3ccc4c(c3)OCO4)C2)cc1. The first kappa shape index (κ1) is 18.5. The lowest BCUT2D eigenvalue weighted by molar-refractivity contribution is 0.174. The number of ether oxygens (including phenoxy) is 2. The van der Waals surface area contributed by atoms with E-state index in [9.17, 15) is 4.79 Å². The summed E-state index contributed by atoms with van der Waals surface area (Å²) in [5, 5.41) is 6.54. The van der Waals surface area contributed by atoms with Crippen LogP contribution in [0.15, 0.2) is 42.5 Å². The molecule has 2 aromatic rings. The molecule has 0 aromatic heterocycles. The van der Waals surface area contributed by atoms with Gasteiger partial charge in [0.05, 0.1) is 0 Å². The van der Waals surface area contributed by atoms with Crippen LogP contribution < -0.4 is 20.1 Å². The van der Waals surface area contributed by atoms with E-state index in [0.29, 0.717) is 29.6 Å². The van der Waals surface area contributed by atoms with Crippen molar-refractivity contribution in [2.24, 2.45) is 0 Å². The Kier molecular flexibility index (Phi) is 5.28. The summed E-state index contributed by atoms with van der Waals surface area (Å²) in [6, 6.07) is 14.2. The van der Waals surface area contributed by atoms with Gasteiger partial charge < -0.3 is 25.0 Å². The number of anilines is 2. The van der Waals surface area contributed by atoms with Crippen LogP contribution in [0.1, 0.15) is 38.2 Å². The first-order valence-corrected chi connectivity index (χ1v) is 9.90. The van der Waals surface area contributed by atoms with Gasteiger partial charge in [-0.3, -0.25) is 0 Å². The number of carbonyl (C=O) groups excluding carboxylic acids is 1. The number of piperidine rings is 1. The molecule has 1 fully saturated rings. The molecule has 2 aromatic carbocycles. The van der Waals surface area contributed by atoms with Gasteiger partial charge >= 0.3 is 6.03 Å². The number of benzene rings is 2. The first-order chi connectivity index (χ1) is 13.6.